The number of aliphatic hydroxyl groups excluding tert-OH is 1. The first-order chi connectivity index (χ1) is 10.0. The molecule has 0 unspecified atom stereocenters. The van der Waals surface area contributed by atoms with Crippen LogP contribution in [0.2, 0.25) is 0 Å². The van der Waals surface area contributed by atoms with Gasteiger partial charge in [-0.25, -0.2) is 12.7 Å². The van der Waals surface area contributed by atoms with E-state index in [-0.39, 0.29) is 12.4 Å². The maximum absolute atomic E-state index is 12.3. The van der Waals surface area contributed by atoms with Gasteiger partial charge in [-0.1, -0.05) is 30.3 Å². The molecule has 0 radical (unpaired) electrons. The summed E-state index contributed by atoms with van der Waals surface area (Å²) in [6.07, 6.45) is 0.726. The van der Waals surface area contributed by atoms with E-state index in [1.807, 2.05) is 17.5 Å². The van der Waals surface area contributed by atoms with Gasteiger partial charge >= 0.3 is 0 Å². The first-order valence-corrected chi connectivity index (χ1v) is 9.15. The third kappa shape index (κ3) is 4.64. The van der Waals surface area contributed by atoms with Crippen molar-refractivity contribution in [3.63, 3.8) is 0 Å². The van der Waals surface area contributed by atoms with Crippen molar-refractivity contribution in [1.82, 2.24) is 4.31 Å². The monoisotopic (exact) mass is 325 g/mol. The third-order valence-corrected chi connectivity index (χ3v) is 6.02. The number of sulfonamides is 1. The lowest BCUT2D eigenvalue weighted by molar-refractivity contribution is 0.281. The van der Waals surface area contributed by atoms with Crippen molar-refractivity contribution in [3.05, 3.63) is 57.8 Å². The number of benzene rings is 1. The van der Waals surface area contributed by atoms with Crippen molar-refractivity contribution in [2.24, 2.45) is 0 Å². The Balaban J connectivity index is 1.99. The molecule has 0 saturated heterocycles. The van der Waals surface area contributed by atoms with Gasteiger partial charge in [0.05, 0.1) is 12.4 Å². The van der Waals surface area contributed by atoms with Crippen LogP contribution in [0, 0.1) is 0 Å². The summed E-state index contributed by atoms with van der Waals surface area (Å²) in [7, 11) is -1.73. The molecule has 6 heteroatoms. The maximum Gasteiger partial charge on any atom is 0.218 e. The molecule has 1 aromatic carbocycles. The van der Waals surface area contributed by atoms with Crippen LogP contribution in [0.5, 0.6) is 0 Å². The summed E-state index contributed by atoms with van der Waals surface area (Å²) in [5, 5.41) is 11.1. The normalized spacial score (nSPS) is 12.0. The Kier molecular flexibility index (Phi) is 5.52. The van der Waals surface area contributed by atoms with Crippen LogP contribution in [0.3, 0.4) is 0 Å². The Morgan fingerprint density at radius 1 is 1.19 bits per heavy atom. The Labute approximate surface area is 129 Å². The zero-order valence-electron chi connectivity index (χ0n) is 11.9. The highest BCUT2D eigenvalue weighted by Gasteiger charge is 2.18. The molecule has 0 aliphatic carbocycles. The second kappa shape index (κ2) is 7.17. The van der Waals surface area contributed by atoms with E-state index in [4.69, 9.17) is 5.11 Å². The summed E-state index contributed by atoms with van der Waals surface area (Å²) in [5.74, 6) is -0.0399. The average Bonchev–Trinajstić information content (AvgIpc) is 2.97. The van der Waals surface area contributed by atoms with Crippen LogP contribution >= 0.6 is 11.3 Å². The molecule has 2 rings (SSSR count). The first-order valence-electron chi connectivity index (χ1n) is 6.66. The first kappa shape index (κ1) is 16.2. The van der Waals surface area contributed by atoms with Crippen LogP contribution in [0.1, 0.15) is 16.0 Å². The highest BCUT2D eigenvalue weighted by Crippen LogP contribution is 2.14. The van der Waals surface area contributed by atoms with Gasteiger partial charge in [0, 0.05) is 18.5 Å². The predicted molar refractivity (Wildman–Crippen MR) is 85.6 cm³/mol. The summed E-state index contributed by atoms with van der Waals surface area (Å²) in [6, 6.07) is 11.0. The highest BCUT2D eigenvalue weighted by molar-refractivity contribution is 7.88. The molecule has 114 valence electrons. The average molecular weight is 325 g/mol. The second-order valence-electron chi connectivity index (χ2n) is 4.89. The fourth-order valence-corrected chi connectivity index (χ4v) is 3.89. The van der Waals surface area contributed by atoms with Crippen molar-refractivity contribution < 1.29 is 13.5 Å². The van der Waals surface area contributed by atoms with E-state index in [1.165, 1.54) is 9.18 Å². The number of aliphatic hydroxyl groups is 1. The summed E-state index contributed by atoms with van der Waals surface area (Å²) < 4.78 is 26.1. The Hall–Kier alpha value is -1.21. The molecule has 4 nitrogen and oxygen atoms in total. The van der Waals surface area contributed by atoms with Gasteiger partial charge in [0.1, 0.15) is 0 Å². The molecule has 0 aliphatic heterocycles. The minimum atomic E-state index is -3.34. The third-order valence-electron chi connectivity index (χ3n) is 3.25. The minimum absolute atomic E-state index is 0.0399. The van der Waals surface area contributed by atoms with E-state index < -0.39 is 10.0 Å². The van der Waals surface area contributed by atoms with E-state index in [9.17, 15) is 8.42 Å². The lowest BCUT2D eigenvalue weighted by Crippen LogP contribution is -2.30. The fourth-order valence-electron chi connectivity index (χ4n) is 2.00. The molecule has 1 aromatic heterocycles. The van der Waals surface area contributed by atoms with Gasteiger partial charge < -0.3 is 5.11 Å². The summed E-state index contributed by atoms with van der Waals surface area (Å²) in [6.45, 7) is 0.393. The van der Waals surface area contributed by atoms with Gasteiger partial charge in [-0.3, -0.25) is 0 Å². The van der Waals surface area contributed by atoms with Crippen LogP contribution in [0.25, 0.3) is 0 Å². The lowest BCUT2D eigenvalue weighted by Gasteiger charge is -2.17. The van der Waals surface area contributed by atoms with Gasteiger partial charge in [-0.15, -0.1) is 11.3 Å². The maximum atomic E-state index is 12.3. The van der Waals surface area contributed by atoms with E-state index in [1.54, 1.807) is 42.6 Å². The molecule has 0 atom stereocenters. The smallest absolute Gasteiger partial charge is 0.218 e. The Morgan fingerprint density at radius 2 is 1.95 bits per heavy atom. The molecule has 21 heavy (non-hydrogen) atoms. The van der Waals surface area contributed by atoms with E-state index >= 15 is 0 Å². The molecule has 1 heterocycles. The fraction of sp³-hybridized carbons (Fsp3) is 0.333. The van der Waals surface area contributed by atoms with E-state index in [0.717, 1.165) is 12.0 Å². The van der Waals surface area contributed by atoms with Crippen LogP contribution in [0.4, 0.5) is 0 Å². The molecule has 0 aliphatic rings. The van der Waals surface area contributed by atoms with Gasteiger partial charge in [0.15, 0.2) is 0 Å². The van der Waals surface area contributed by atoms with Gasteiger partial charge in [-0.2, -0.15) is 0 Å². The lowest BCUT2D eigenvalue weighted by atomic mass is 10.1. The molecule has 0 amide bonds. The Bertz CT molecular complexity index is 666. The largest absolute Gasteiger partial charge is 0.392 e. The second-order valence-corrected chi connectivity index (χ2v) is 7.99. The quantitative estimate of drug-likeness (QED) is 0.849. The molecule has 0 fully saturated rings. The SMILES string of the molecule is CN(CCc1cccs1)S(=O)(=O)Cc1cccc(CO)c1. The number of thiophene rings is 1. The summed E-state index contributed by atoms with van der Waals surface area (Å²) in [4.78, 5) is 1.18. The summed E-state index contributed by atoms with van der Waals surface area (Å²) >= 11 is 1.64. The number of rotatable bonds is 7. The van der Waals surface area contributed by atoms with Gasteiger partial charge in [0.2, 0.25) is 10.0 Å². The molecule has 0 saturated carbocycles. The molecule has 0 bridgehead atoms. The van der Waals surface area contributed by atoms with E-state index in [0.29, 0.717) is 12.1 Å². The number of hydrogen-bond donors (Lipinski definition) is 1. The molecule has 2 aromatic rings. The van der Waals surface area contributed by atoms with Crippen LogP contribution in [0.15, 0.2) is 41.8 Å². The number of hydrogen-bond acceptors (Lipinski definition) is 4. The summed E-state index contributed by atoms with van der Waals surface area (Å²) in [5.41, 5.74) is 1.42. The molecular formula is C15H19NO3S2. The van der Waals surface area contributed by atoms with Crippen molar-refractivity contribution >= 4 is 21.4 Å². The topological polar surface area (TPSA) is 57.6 Å². The Morgan fingerprint density at radius 3 is 2.62 bits per heavy atom. The van der Waals surface area contributed by atoms with Crippen molar-refractivity contribution in [1.29, 1.82) is 0 Å². The van der Waals surface area contributed by atoms with Crippen molar-refractivity contribution in [3.8, 4) is 0 Å². The van der Waals surface area contributed by atoms with Crippen molar-refractivity contribution in [2.75, 3.05) is 13.6 Å². The van der Waals surface area contributed by atoms with Crippen LogP contribution < -0.4 is 0 Å². The zero-order valence-corrected chi connectivity index (χ0v) is 13.5. The molecule has 1 N–H and O–H groups in total. The molecular weight excluding hydrogens is 306 g/mol. The number of likely N-dealkylation sites (N-methyl/N-ethyl adjacent to an activating group) is 1. The van der Waals surface area contributed by atoms with Gasteiger partial charge in [-0.05, 0) is 29.0 Å². The van der Waals surface area contributed by atoms with Crippen molar-refractivity contribution in [2.45, 2.75) is 18.8 Å². The van der Waals surface area contributed by atoms with Gasteiger partial charge in [0.25, 0.3) is 0 Å². The van der Waals surface area contributed by atoms with E-state index in [2.05, 4.69) is 0 Å². The highest BCUT2D eigenvalue weighted by atomic mass is 32.2. The zero-order chi connectivity index (χ0) is 15.3. The number of nitrogens with zero attached hydrogens (tertiary/aromatic N) is 1. The van der Waals surface area contributed by atoms with Crippen LogP contribution in [-0.4, -0.2) is 31.4 Å². The molecule has 0 spiro atoms. The van der Waals surface area contributed by atoms with Crippen LogP contribution in [-0.2, 0) is 28.8 Å². The minimum Gasteiger partial charge on any atom is -0.392 e. The standard InChI is InChI=1S/C15H19NO3S2/c1-16(8-7-15-6-3-9-20-15)21(18,19)12-14-5-2-4-13(10-14)11-17/h2-6,9-10,17H,7-8,11-12H2,1H3. The predicted octanol–water partition coefficient (Wildman–Crippen LogP) is 2.24.